The zero-order valence-corrected chi connectivity index (χ0v) is 12.5. The quantitative estimate of drug-likeness (QED) is 0.807. The van der Waals surface area contributed by atoms with Gasteiger partial charge in [-0.3, -0.25) is 4.79 Å². The van der Waals surface area contributed by atoms with Crippen molar-refractivity contribution < 1.29 is 4.79 Å². The Morgan fingerprint density at radius 3 is 2.76 bits per heavy atom. The Labute approximate surface area is 126 Å². The van der Waals surface area contributed by atoms with Gasteiger partial charge < -0.3 is 5.32 Å². The number of aryl methyl sites for hydroxylation is 2. The number of anilines is 1. The fraction of sp³-hybridized carbons (Fsp3) is 0.133. The number of hydrogen-bond acceptors (Lipinski definition) is 4. The molecule has 3 rings (SSSR count). The van der Waals surface area contributed by atoms with Crippen LogP contribution in [0.5, 0.6) is 0 Å². The van der Waals surface area contributed by atoms with E-state index in [1.807, 2.05) is 50.2 Å². The molecule has 1 N–H and O–H groups in total. The molecule has 0 spiro atoms. The summed E-state index contributed by atoms with van der Waals surface area (Å²) in [6.45, 7) is 3.86. The molecule has 0 saturated carbocycles. The number of hydrogen-bond donors (Lipinski definition) is 1. The van der Waals surface area contributed by atoms with Crippen molar-refractivity contribution in [3.8, 4) is 5.82 Å². The molecule has 0 aromatic carbocycles. The van der Waals surface area contributed by atoms with Crippen molar-refractivity contribution in [2.24, 2.45) is 0 Å². The predicted molar refractivity (Wildman–Crippen MR) is 83.1 cm³/mol. The van der Waals surface area contributed by atoms with E-state index >= 15 is 0 Å². The van der Waals surface area contributed by atoms with E-state index in [1.165, 1.54) is 11.3 Å². The highest BCUT2D eigenvalue weighted by Gasteiger charge is 2.14. The summed E-state index contributed by atoms with van der Waals surface area (Å²) in [5.74, 6) is 1.15. The van der Waals surface area contributed by atoms with Gasteiger partial charge in [0.1, 0.15) is 5.82 Å². The minimum absolute atomic E-state index is 0.134. The van der Waals surface area contributed by atoms with Crippen molar-refractivity contribution in [2.75, 3.05) is 5.32 Å². The molecule has 0 unspecified atom stereocenters. The monoisotopic (exact) mass is 298 g/mol. The van der Waals surface area contributed by atoms with Gasteiger partial charge in [-0.05, 0) is 38.1 Å². The fourth-order valence-electron chi connectivity index (χ4n) is 1.98. The normalized spacial score (nSPS) is 10.6. The van der Waals surface area contributed by atoms with Crippen LogP contribution in [0.25, 0.3) is 5.82 Å². The standard InChI is InChI=1S/C15H14N4OS/c1-10-9-14(17-15(20)12-7-6-11(2)21-12)19(18-10)13-5-3-4-8-16-13/h3-9H,1-2H3,(H,17,20). The Morgan fingerprint density at radius 2 is 2.10 bits per heavy atom. The number of nitrogens with zero attached hydrogens (tertiary/aromatic N) is 3. The van der Waals surface area contributed by atoms with Crippen molar-refractivity contribution in [3.63, 3.8) is 0 Å². The molecule has 21 heavy (non-hydrogen) atoms. The van der Waals surface area contributed by atoms with E-state index < -0.39 is 0 Å². The number of amides is 1. The smallest absolute Gasteiger partial charge is 0.266 e. The lowest BCUT2D eigenvalue weighted by atomic mass is 10.4. The second-order valence-corrected chi connectivity index (χ2v) is 5.92. The molecule has 3 aromatic rings. The maximum Gasteiger partial charge on any atom is 0.266 e. The highest BCUT2D eigenvalue weighted by Crippen LogP contribution is 2.19. The number of carbonyl (C=O) groups is 1. The van der Waals surface area contributed by atoms with Gasteiger partial charge in [0.2, 0.25) is 0 Å². The van der Waals surface area contributed by atoms with E-state index in [0.29, 0.717) is 16.5 Å². The minimum Gasteiger partial charge on any atom is -0.306 e. The van der Waals surface area contributed by atoms with Gasteiger partial charge in [0.25, 0.3) is 5.91 Å². The highest BCUT2D eigenvalue weighted by atomic mass is 32.1. The third-order valence-electron chi connectivity index (χ3n) is 2.90. The Bertz CT molecular complexity index is 776. The van der Waals surface area contributed by atoms with Crippen LogP contribution in [0.3, 0.4) is 0 Å². The van der Waals surface area contributed by atoms with Gasteiger partial charge in [-0.25, -0.2) is 4.98 Å². The van der Waals surface area contributed by atoms with Crippen LogP contribution in [-0.4, -0.2) is 20.7 Å². The fourth-order valence-corrected chi connectivity index (χ4v) is 2.74. The van der Waals surface area contributed by atoms with Gasteiger partial charge in [0.05, 0.1) is 10.6 Å². The first kappa shape index (κ1) is 13.5. The molecule has 3 heterocycles. The van der Waals surface area contributed by atoms with Crippen LogP contribution in [0, 0.1) is 13.8 Å². The van der Waals surface area contributed by atoms with Crippen LogP contribution in [0.1, 0.15) is 20.2 Å². The van der Waals surface area contributed by atoms with E-state index in [9.17, 15) is 4.79 Å². The Hall–Kier alpha value is -2.47. The van der Waals surface area contributed by atoms with Crippen molar-refractivity contribution in [3.05, 3.63) is 58.0 Å². The zero-order valence-electron chi connectivity index (χ0n) is 11.7. The summed E-state index contributed by atoms with van der Waals surface area (Å²) < 4.78 is 1.63. The largest absolute Gasteiger partial charge is 0.306 e. The average Bonchev–Trinajstić information content (AvgIpc) is 3.06. The predicted octanol–water partition coefficient (Wildman–Crippen LogP) is 3.20. The molecule has 0 aliphatic carbocycles. The molecule has 0 saturated heterocycles. The summed E-state index contributed by atoms with van der Waals surface area (Å²) >= 11 is 1.47. The van der Waals surface area contributed by atoms with Crippen molar-refractivity contribution in [1.82, 2.24) is 14.8 Å². The molecular weight excluding hydrogens is 284 g/mol. The second kappa shape index (κ2) is 5.49. The first-order valence-corrected chi connectivity index (χ1v) is 7.31. The third-order valence-corrected chi connectivity index (χ3v) is 3.90. The van der Waals surface area contributed by atoms with Crippen LogP contribution in [0.2, 0.25) is 0 Å². The lowest BCUT2D eigenvalue weighted by Crippen LogP contribution is -2.14. The summed E-state index contributed by atoms with van der Waals surface area (Å²) in [6, 6.07) is 11.1. The second-order valence-electron chi connectivity index (χ2n) is 4.64. The maximum absolute atomic E-state index is 12.3. The molecule has 0 aliphatic rings. The van der Waals surface area contributed by atoms with Crippen LogP contribution in [0.15, 0.2) is 42.6 Å². The molecule has 0 radical (unpaired) electrons. The van der Waals surface area contributed by atoms with Gasteiger partial charge >= 0.3 is 0 Å². The van der Waals surface area contributed by atoms with Gasteiger partial charge in [0.15, 0.2) is 5.82 Å². The van der Waals surface area contributed by atoms with Crippen LogP contribution in [-0.2, 0) is 0 Å². The molecule has 0 aliphatic heterocycles. The molecule has 1 amide bonds. The van der Waals surface area contributed by atoms with Crippen LogP contribution in [0.4, 0.5) is 5.82 Å². The summed E-state index contributed by atoms with van der Waals surface area (Å²) in [5, 5.41) is 7.27. The molecule has 0 atom stereocenters. The van der Waals surface area contributed by atoms with E-state index in [-0.39, 0.29) is 5.91 Å². The van der Waals surface area contributed by atoms with Gasteiger partial charge in [-0.1, -0.05) is 6.07 Å². The van der Waals surface area contributed by atoms with Crippen molar-refractivity contribution in [2.45, 2.75) is 13.8 Å². The van der Waals surface area contributed by atoms with E-state index in [4.69, 9.17) is 0 Å². The Kier molecular flexibility index (Phi) is 3.53. The molecule has 0 bridgehead atoms. The SMILES string of the molecule is Cc1cc(NC(=O)c2ccc(C)s2)n(-c2ccccn2)n1. The van der Waals surface area contributed by atoms with Crippen molar-refractivity contribution in [1.29, 1.82) is 0 Å². The molecule has 106 valence electrons. The minimum atomic E-state index is -0.134. The van der Waals surface area contributed by atoms with Crippen LogP contribution >= 0.6 is 11.3 Å². The maximum atomic E-state index is 12.3. The van der Waals surface area contributed by atoms with Crippen LogP contribution < -0.4 is 5.32 Å². The topological polar surface area (TPSA) is 59.8 Å². The lowest BCUT2D eigenvalue weighted by Gasteiger charge is -2.07. The zero-order chi connectivity index (χ0) is 14.8. The number of rotatable bonds is 3. The van der Waals surface area contributed by atoms with E-state index in [2.05, 4.69) is 15.4 Å². The average molecular weight is 298 g/mol. The Morgan fingerprint density at radius 1 is 1.24 bits per heavy atom. The van der Waals surface area contributed by atoms with Gasteiger partial charge in [0, 0.05) is 17.1 Å². The van der Waals surface area contributed by atoms with Crippen molar-refractivity contribution >= 4 is 23.1 Å². The van der Waals surface area contributed by atoms with E-state index in [1.54, 1.807) is 10.9 Å². The molecule has 3 aromatic heterocycles. The summed E-state index contributed by atoms with van der Waals surface area (Å²) in [4.78, 5) is 18.3. The molecule has 6 heteroatoms. The highest BCUT2D eigenvalue weighted by molar-refractivity contribution is 7.14. The summed E-state index contributed by atoms with van der Waals surface area (Å²) in [5.41, 5.74) is 0.818. The number of aromatic nitrogens is 3. The molecular formula is C15H14N4OS. The first-order valence-electron chi connectivity index (χ1n) is 6.49. The Balaban J connectivity index is 1.91. The number of nitrogens with one attached hydrogen (secondary N) is 1. The molecule has 5 nitrogen and oxygen atoms in total. The number of carbonyl (C=O) groups excluding carboxylic acids is 1. The summed E-state index contributed by atoms with van der Waals surface area (Å²) in [6.07, 6.45) is 1.70. The summed E-state index contributed by atoms with van der Waals surface area (Å²) in [7, 11) is 0. The molecule has 0 fully saturated rings. The van der Waals surface area contributed by atoms with E-state index in [0.717, 1.165) is 10.6 Å². The number of thiophene rings is 1. The third kappa shape index (κ3) is 2.85. The van der Waals surface area contributed by atoms with Gasteiger partial charge in [-0.15, -0.1) is 11.3 Å². The van der Waals surface area contributed by atoms with Gasteiger partial charge in [-0.2, -0.15) is 9.78 Å². The first-order chi connectivity index (χ1) is 10.1. The number of pyridine rings is 1. The lowest BCUT2D eigenvalue weighted by molar-refractivity contribution is 0.103.